The van der Waals surface area contributed by atoms with E-state index in [9.17, 15) is 0 Å². The Hall–Kier alpha value is -2.28. The molecule has 4 heteroatoms. The van der Waals surface area contributed by atoms with Gasteiger partial charge in [0.25, 0.3) is 0 Å². The average Bonchev–Trinajstić information content (AvgIpc) is 2.86. The van der Waals surface area contributed by atoms with Gasteiger partial charge in [-0.3, -0.25) is 4.68 Å². The Morgan fingerprint density at radius 1 is 1.35 bits per heavy atom. The van der Waals surface area contributed by atoms with E-state index in [1.54, 1.807) is 0 Å². The summed E-state index contributed by atoms with van der Waals surface area (Å²) in [6.07, 6.45) is 3.93. The second-order valence-corrected chi connectivity index (χ2v) is 5.96. The van der Waals surface area contributed by atoms with Gasteiger partial charge in [-0.2, -0.15) is 10.4 Å². The van der Waals surface area contributed by atoms with Crippen LogP contribution in [0.3, 0.4) is 0 Å². The van der Waals surface area contributed by atoms with Crippen molar-refractivity contribution in [3.63, 3.8) is 0 Å². The smallest absolute Gasteiger partial charge is 0.0992 e. The molecule has 20 heavy (non-hydrogen) atoms. The molecule has 1 aromatic carbocycles. The number of anilines is 1. The summed E-state index contributed by atoms with van der Waals surface area (Å²) in [7, 11) is 0. The maximum atomic E-state index is 8.94. The van der Waals surface area contributed by atoms with Crippen LogP contribution >= 0.6 is 0 Å². The molecule has 1 aromatic heterocycles. The normalized spacial score (nSPS) is 11.2. The molecule has 0 atom stereocenters. The maximum absolute atomic E-state index is 8.94. The summed E-state index contributed by atoms with van der Waals surface area (Å²) in [5.74, 6) is 0. The number of aromatic nitrogens is 2. The number of nitrogens with one attached hydrogen (secondary N) is 1. The molecule has 0 fully saturated rings. The lowest BCUT2D eigenvalue weighted by molar-refractivity contribution is 0.355. The zero-order valence-corrected chi connectivity index (χ0v) is 12.4. The van der Waals surface area contributed by atoms with E-state index in [0.29, 0.717) is 12.1 Å². The van der Waals surface area contributed by atoms with Crippen molar-refractivity contribution in [1.29, 1.82) is 5.26 Å². The van der Waals surface area contributed by atoms with Crippen LogP contribution in [-0.2, 0) is 12.1 Å². The summed E-state index contributed by atoms with van der Waals surface area (Å²) in [4.78, 5) is 0. The predicted octanol–water partition coefficient (Wildman–Crippen LogP) is 3.43. The van der Waals surface area contributed by atoms with E-state index < -0.39 is 0 Å². The third-order valence-electron chi connectivity index (χ3n) is 3.17. The Morgan fingerprint density at radius 2 is 2.10 bits per heavy atom. The number of hydrogen-bond acceptors (Lipinski definition) is 3. The standard InChI is InChI=1S/C16H20N4/c1-12-5-6-13(8-17)7-15(12)18-9-14-10-19-20(11-14)16(2,3)4/h5-7,10-11,18H,9H2,1-4H3. The first-order chi connectivity index (χ1) is 9.40. The largest absolute Gasteiger partial charge is 0.381 e. The number of nitrogens with zero attached hydrogens (tertiary/aromatic N) is 3. The van der Waals surface area contributed by atoms with Crippen molar-refractivity contribution < 1.29 is 0 Å². The van der Waals surface area contributed by atoms with Gasteiger partial charge in [-0.15, -0.1) is 0 Å². The number of aryl methyl sites for hydroxylation is 1. The minimum absolute atomic E-state index is 0.00507. The second-order valence-electron chi connectivity index (χ2n) is 5.96. The van der Waals surface area contributed by atoms with Crippen molar-refractivity contribution in [3.8, 4) is 6.07 Å². The molecule has 2 aromatic rings. The molecule has 0 aliphatic rings. The Bertz CT molecular complexity index is 641. The van der Waals surface area contributed by atoms with Gasteiger partial charge >= 0.3 is 0 Å². The Labute approximate surface area is 120 Å². The van der Waals surface area contributed by atoms with E-state index in [2.05, 4.69) is 43.5 Å². The summed E-state index contributed by atoms with van der Waals surface area (Å²) in [5.41, 5.74) is 3.92. The molecule has 0 unspecified atom stereocenters. The summed E-state index contributed by atoms with van der Waals surface area (Å²) < 4.78 is 1.96. The lowest BCUT2D eigenvalue weighted by Gasteiger charge is -2.18. The Balaban J connectivity index is 2.09. The van der Waals surface area contributed by atoms with Crippen molar-refractivity contribution in [2.75, 3.05) is 5.32 Å². The van der Waals surface area contributed by atoms with Crippen LogP contribution in [0.2, 0.25) is 0 Å². The molecule has 0 aliphatic carbocycles. The van der Waals surface area contributed by atoms with Gasteiger partial charge in [-0.1, -0.05) is 6.07 Å². The first-order valence-corrected chi connectivity index (χ1v) is 6.69. The van der Waals surface area contributed by atoms with Gasteiger partial charge in [0, 0.05) is 24.0 Å². The minimum Gasteiger partial charge on any atom is -0.381 e. The van der Waals surface area contributed by atoms with Crippen LogP contribution < -0.4 is 5.32 Å². The number of nitriles is 1. The third-order valence-corrected chi connectivity index (χ3v) is 3.17. The molecular formula is C16H20N4. The SMILES string of the molecule is Cc1ccc(C#N)cc1NCc1cnn(C(C)(C)C)c1. The molecule has 0 saturated heterocycles. The van der Waals surface area contributed by atoms with Crippen molar-refractivity contribution in [1.82, 2.24) is 9.78 Å². The Morgan fingerprint density at radius 3 is 2.70 bits per heavy atom. The minimum atomic E-state index is -0.00507. The molecule has 0 amide bonds. The van der Waals surface area contributed by atoms with E-state index in [1.165, 1.54) is 0 Å². The first kappa shape index (κ1) is 14.1. The summed E-state index contributed by atoms with van der Waals surface area (Å²) in [5, 5.41) is 16.7. The van der Waals surface area contributed by atoms with Gasteiger partial charge in [0.05, 0.1) is 23.4 Å². The highest BCUT2D eigenvalue weighted by Gasteiger charge is 2.13. The van der Waals surface area contributed by atoms with Crippen molar-refractivity contribution in [2.24, 2.45) is 0 Å². The average molecular weight is 268 g/mol. The van der Waals surface area contributed by atoms with Gasteiger partial charge in [-0.25, -0.2) is 0 Å². The molecule has 1 heterocycles. The van der Waals surface area contributed by atoms with Crippen molar-refractivity contribution >= 4 is 5.69 Å². The van der Waals surface area contributed by atoms with Crippen molar-refractivity contribution in [2.45, 2.75) is 39.8 Å². The van der Waals surface area contributed by atoms with Crippen LogP contribution in [0.15, 0.2) is 30.6 Å². The monoisotopic (exact) mass is 268 g/mol. The van der Waals surface area contributed by atoms with Gasteiger partial charge in [0.2, 0.25) is 0 Å². The van der Waals surface area contributed by atoms with E-state index >= 15 is 0 Å². The fourth-order valence-electron chi connectivity index (χ4n) is 1.90. The van der Waals surface area contributed by atoms with Crippen LogP contribution in [-0.4, -0.2) is 9.78 Å². The van der Waals surface area contributed by atoms with E-state index in [4.69, 9.17) is 5.26 Å². The van der Waals surface area contributed by atoms with Gasteiger partial charge in [-0.05, 0) is 45.4 Å². The molecule has 0 spiro atoms. The van der Waals surface area contributed by atoms with E-state index in [-0.39, 0.29) is 5.54 Å². The van der Waals surface area contributed by atoms with Crippen LogP contribution in [0.25, 0.3) is 0 Å². The number of hydrogen-bond donors (Lipinski definition) is 1. The zero-order valence-electron chi connectivity index (χ0n) is 12.4. The topological polar surface area (TPSA) is 53.6 Å². The van der Waals surface area contributed by atoms with Crippen LogP contribution in [0.5, 0.6) is 0 Å². The van der Waals surface area contributed by atoms with Gasteiger partial charge in [0.1, 0.15) is 0 Å². The molecule has 0 radical (unpaired) electrons. The third kappa shape index (κ3) is 3.18. The maximum Gasteiger partial charge on any atom is 0.0992 e. The summed E-state index contributed by atoms with van der Waals surface area (Å²) >= 11 is 0. The second kappa shape index (κ2) is 5.38. The van der Waals surface area contributed by atoms with Gasteiger partial charge in [0.15, 0.2) is 0 Å². The molecule has 0 aliphatic heterocycles. The quantitative estimate of drug-likeness (QED) is 0.927. The fourth-order valence-corrected chi connectivity index (χ4v) is 1.90. The molecule has 4 nitrogen and oxygen atoms in total. The first-order valence-electron chi connectivity index (χ1n) is 6.69. The van der Waals surface area contributed by atoms with E-state index in [1.807, 2.05) is 36.0 Å². The summed E-state index contributed by atoms with van der Waals surface area (Å²) in [6.45, 7) is 9.10. The fraction of sp³-hybridized carbons (Fsp3) is 0.375. The Kier molecular flexibility index (Phi) is 3.80. The van der Waals surface area contributed by atoms with Crippen LogP contribution in [0.1, 0.15) is 37.5 Å². The molecule has 104 valence electrons. The molecule has 0 bridgehead atoms. The zero-order chi connectivity index (χ0) is 14.8. The highest BCUT2D eigenvalue weighted by atomic mass is 15.3. The lowest BCUT2D eigenvalue weighted by Crippen LogP contribution is -2.21. The van der Waals surface area contributed by atoms with Gasteiger partial charge < -0.3 is 5.32 Å². The van der Waals surface area contributed by atoms with Crippen LogP contribution in [0.4, 0.5) is 5.69 Å². The van der Waals surface area contributed by atoms with Crippen LogP contribution in [0, 0.1) is 18.3 Å². The molecule has 1 N–H and O–H groups in total. The van der Waals surface area contributed by atoms with E-state index in [0.717, 1.165) is 16.8 Å². The number of benzene rings is 1. The molecular weight excluding hydrogens is 248 g/mol. The predicted molar refractivity (Wildman–Crippen MR) is 80.4 cm³/mol. The number of rotatable bonds is 3. The lowest BCUT2D eigenvalue weighted by atomic mass is 10.1. The summed E-state index contributed by atoms with van der Waals surface area (Å²) in [6, 6.07) is 7.83. The molecule has 0 saturated carbocycles. The van der Waals surface area contributed by atoms with Crippen molar-refractivity contribution in [3.05, 3.63) is 47.3 Å². The highest BCUT2D eigenvalue weighted by Crippen LogP contribution is 2.18. The highest BCUT2D eigenvalue weighted by molar-refractivity contribution is 5.55. The molecule has 2 rings (SSSR count).